The molecule has 0 bridgehead atoms. The van der Waals surface area contributed by atoms with Crippen LogP contribution in [0.2, 0.25) is 0 Å². The molecule has 0 unspecified atom stereocenters. The third-order valence-electron chi connectivity index (χ3n) is 2.64. The van der Waals surface area contributed by atoms with Crippen molar-refractivity contribution in [2.75, 3.05) is 0 Å². The molecule has 1 rings (SSSR count). The van der Waals surface area contributed by atoms with Crippen molar-refractivity contribution in [1.29, 1.82) is 0 Å². The first-order valence-electron chi connectivity index (χ1n) is 5.11. The number of unbranched alkanes of at least 4 members (excludes halogenated alkanes) is 1. The Morgan fingerprint density at radius 3 is 2.50 bits per heavy atom. The summed E-state index contributed by atoms with van der Waals surface area (Å²) < 4.78 is 16.9. The molecule has 80 valence electrons. The summed E-state index contributed by atoms with van der Waals surface area (Å²) in [5.41, 5.74) is 0.804. The Labute approximate surface area is 89.5 Å². The molecule has 0 radical (unpaired) electrons. The lowest BCUT2D eigenvalue weighted by atomic mass is 9.84. The van der Waals surface area contributed by atoms with Gasteiger partial charge in [0.05, 0.1) is 0 Å². The molecule has 0 aromatic carbocycles. The van der Waals surface area contributed by atoms with Crippen molar-refractivity contribution in [3.05, 3.63) is 16.4 Å². The molecule has 1 aromatic heterocycles. The van der Waals surface area contributed by atoms with E-state index in [-0.39, 0.29) is 11.4 Å². The molecule has 0 spiro atoms. The summed E-state index contributed by atoms with van der Waals surface area (Å²) in [4.78, 5) is 1.10. The zero-order chi connectivity index (χ0) is 10.8. The maximum atomic E-state index is 13.1. The fourth-order valence-electron chi connectivity index (χ4n) is 1.68. The van der Waals surface area contributed by atoms with Crippen LogP contribution >= 0.6 is 11.5 Å². The van der Waals surface area contributed by atoms with Gasteiger partial charge in [-0.1, -0.05) is 33.6 Å². The monoisotopic (exact) mass is 215 g/mol. The first-order chi connectivity index (χ1) is 6.49. The molecule has 0 atom stereocenters. The van der Waals surface area contributed by atoms with Crippen LogP contribution in [0.4, 0.5) is 4.39 Å². The Bertz CT molecular complexity index is 304. The summed E-state index contributed by atoms with van der Waals surface area (Å²) in [5, 5.41) is 0. The second kappa shape index (κ2) is 4.39. The Balaban J connectivity index is 2.86. The van der Waals surface area contributed by atoms with Gasteiger partial charge in [0.1, 0.15) is 0 Å². The first kappa shape index (κ1) is 11.6. The highest BCUT2D eigenvalue weighted by molar-refractivity contribution is 7.06. The zero-order valence-corrected chi connectivity index (χ0v) is 10.2. The number of hydrogen-bond donors (Lipinski definition) is 0. The molecule has 0 N–H and O–H groups in total. The van der Waals surface area contributed by atoms with Crippen molar-refractivity contribution in [2.45, 2.75) is 52.4 Å². The van der Waals surface area contributed by atoms with E-state index in [1.165, 1.54) is 24.4 Å². The lowest BCUT2D eigenvalue weighted by molar-refractivity contribution is 0.461. The van der Waals surface area contributed by atoms with Crippen molar-refractivity contribution in [3.8, 4) is 0 Å². The Kier molecular flexibility index (Phi) is 3.65. The number of hydrogen-bond acceptors (Lipinski definition) is 2. The van der Waals surface area contributed by atoms with Crippen LogP contribution in [0.3, 0.4) is 0 Å². The minimum Gasteiger partial charge on any atom is -0.184 e. The predicted octanol–water partition coefficient (Wildman–Crippen LogP) is 4.06. The molecular weight excluding hydrogens is 197 g/mol. The highest BCUT2D eigenvalue weighted by Gasteiger charge is 2.26. The number of nitrogens with zero attached hydrogens (tertiary/aromatic N) is 1. The Morgan fingerprint density at radius 2 is 2.07 bits per heavy atom. The number of rotatable bonds is 4. The van der Waals surface area contributed by atoms with Crippen LogP contribution in [-0.4, -0.2) is 4.37 Å². The summed E-state index contributed by atoms with van der Waals surface area (Å²) in [5.74, 6) is -0.297. The van der Waals surface area contributed by atoms with Crippen molar-refractivity contribution in [2.24, 2.45) is 0 Å². The van der Waals surface area contributed by atoms with E-state index in [2.05, 4.69) is 25.1 Å². The van der Waals surface area contributed by atoms with E-state index in [9.17, 15) is 4.39 Å². The van der Waals surface area contributed by atoms with Gasteiger partial charge in [-0.2, -0.15) is 8.76 Å². The molecule has 0 amide bonds. The van der Waals surface area contributed by atoms with Gasteiger partial charge in [-0.3, -0.25) is 0 Å². The van der Waals surface area contributed by atoms with Gasteiger partial charge >= 0.3 is 0 Å². The highest BCUT2D eigenvalue weighted by atomic mass is 32.1. The fraction of sp³-hybridized carbons (Fsp3) is 0.727. The van der Waals surface area contributed by atoms with E-state index in [4.69, 9.17) is 0 Å². The normalized spacial score (nSPS) is 12.1. The molecule has 0 saturated carbocycles. The molecule has 0 aliphatic heterocycles. The third kappa shape index (κ3) is 2.32. The Hall–Kier alpha value is -0.440. The van der Waals surface area contributed by atoms with Crippen molar-refractivity contribution >= 4 is 11.5 Å². The van der Waals surface area contributed by atoms with E-state index >= 15 is 0 Å². The molecule has 1 nitrogen and oxygen atoms in total. The van der Waals surface area contributed by atoms with Gasteiger partial charge in [0.25, 0.3) is 0 Å². The average Bonchev–Trinajstić information content (AvgIpc) is 2.45. The fourth-order valence-corrected chi connectivity index (χ4v) is 2.56. The first-order valence-corrected chi connectivity index (χ1v) is 5.88. The number of aromatic nitrogens is 1. The maximum Gasteiger partial charge on any atom is 0.227 e. The molecule has 1 heterocycles. The maximum absolute atomic E-state index is 13.1. The summed E-state index contributed by atoms with van der Waals surface area (Å²) in [7, 11) is 0. The van der Waals surface area contributed by atoms with Crippen LogP contribution in [0.5, 0.6) is 0 Å². The molecule has 14 heavy (non-hydrogen) atoms. The van der Waals surface area contributed by atoms with E-state index in [1.54, 1.807) is 0 Å². The van der Waals surface area contributed by atoms with Gasteiger partial charge in [0.2, 0.25) is 5.95 Å². The molecule has 3 heteroatoms. The molecule has 0 aliphatic carbocycles. The molecular formula is C11H18FNS. The lowest BCUT2D eigenvalue weighted by Crippen LogP contribution is -2.16. The lowest BCUT2D eigenvalue weighted by Gasteiger charge is -2.23. The second-order valence-corrected chi connectivity index (χ2v) is 5.19. The predicted molar refractivity (Wildman–Crippen MR) is 59.4 cm³/mol. The van der Waals surface area contributed by atoms with Crippen molar-refractivity contribution < 1.29 is 4.39 Å². The zero-order valence-electron chi connectivity index (χ0n) is 9.35. The molecule has 0 aliphatic rings. The van der Waals surface area contributed by atoms with Gasteiger partial charge in [-0.15, -0.1) is 0 Å². The smallest absolute Gasteiger partial charge is 0.184 e. The van der Waals surface area contributed by atoms with E-state index in [0.717, 1.165) is 16.9 Å². The SMILES string of the molecule is CCCCC(C)(C)c1snc(F)c1C. The second-order valence-electron chi connectivity index (χ2n) is 4.41. The van der Waals surface area contributed by atoms with Gasteiger partial charge in [0.15, 0.2) is 0 Å². The van der Waals surface area contributed by atoms with E-state index < -0.39 is 0 Å². The van der Waals surface area contributed by atoms with E-state index in [1.807, 2.05) is 6.92 Å². The Morgan fingerprint density at radius 1 is 1.43 bits per heavy atom. The molecule has 1 aromatic rings. The average molecular weight is 215 g/mol. The van der Waals surface area contributed by atoms with E-state index in [0.29, 0.717) is 0 Å². The van der Waals surface area contributed by atoms with Crippen LogP contribution in [0.25, 0.3) is 0 Å². The van der Waals surface area contributed by atoms with Gasteiger partial charge in [0, 0.05) is 15.9 Å². The molecule has 0 fully saturated rings. The van der Waals surface area contributed by atoms with Crippen LogP contribution in [0.15, 0.2) is 0 Å². The summed E-state index contributed by atoms with van der Waals surface area (Å²) >= 11 is 1.31. The largest absolute Gasteiger partial charge is 0.227 e. The summed E-state index contributed by atoms with van der Waals surface area (Å²) in [6, 6.07) is 0. The van der Waals surface area contributed by atoms with Crippen LogP contribution in [0.1, 0.15) is 50.5 Å². The topological polar surface area (TPSA) is 12.9 Å². The van der Waals surface area contributed by atoms with Crippen molar-refractivity contribution in [3.63, 3.8) is 0 Å². The van der Waals surface area contributed by atoms with Crippen molar-refractivity contribution in [1.82, 2.24) is 4.37 Å². The number of halogens is 1. The minimum absolute atomic E-state index is 0.0715. The third-order valence-corrected chi connectivity index (χ3v) is 3.93. The minimum atomic E-state index is -0.297. The van der Waals surface area contributed by atoms with Crippen LogP contribution in [-0.2, 0) is 5.41 Å². The quantitative estimate of drug-likeness (QED) is 0.738. The van der Waals surface area contributed by atoms with Gasteiger partial charge in [-0.25, -0.2) is 0 Å². The summed E-state index contributed by atoms with van der Waals surface area (Å²) in [6.45, 7) is 8.34. The van der Waals surface area contributed by atoms with Crippen LogP contribution in [0, 0.1) is 12.9 Å². The van der Waals surface area contributed by atoms with Crippen LogP contribution < -0.4 is 0 Å². The van der Waals surface area contributed by atoms with Gasteiger partial charge in [-0.05, 0) is 24.9 Å². The summed E-state index contributed by atoms with van der Waals surface area (Å²) in [6.07, 6.45) is 3.47. The standard InChI is InChI=1S/C11H18FNS/c1-5-6-7-11(3,4)9-8(2)10(12)13-14-9/h5-7H2,1-4H3. The highest BCUT2D eigenvalue weighted by Crippen LogP contribution is 2.34. The molecule has 0 saturated heterocycles. The van der Waals surface area contributed by atoms with Gasteiger partial charge < -0.3 is 0 Å².